The fourth-order valence-corrected chi connectivity index (χ4v) is 6.02. The molecule has 0 unspecified atom stereocenters. The summed E-state index contributed by atoms with van der Waals surface area (Å²) in [5.74, 6) is 0.00474. The third-order valence-electron chi connectivity index (χ3n) is 5.03. The van der Waals surface area contributed by atoms with Gasteiger partial charge in [0, 0.05) is 19.1 Å². The van der Waals surface area contributed by atoms with Crippen molar-refractivity contribution >= 4 is 26.2 Å². The molecule has 2 aromatic carbocycles. The standard InChI is InChI=1S/C20H25N3O6S2/c1-15-5-9-19(10-6-15)31(27,28)29-17-7-11-18(12-8-17)30(25,26)23-13-3-2-4-16(23)14-22-20(21)24/h5-12,16H,2-4,13-14H2,1H3,(H3,21,22,24)/t16-/m0/s1. The Hall–Kier alpha value is -2.63. The fourth-order valence-electron chi connectivity index (χ4n) is 3.40. The Labute approximate surface area is 182 Å². The Morgan fingerprint density at radius 1 is 1.03 bits per heavy atom. The molecule has 1 heterocycles. The second-order valence-corrected chi connectivity index (χ2v) is 10.8. The topological polar surface area (TPSA) is 136 Å². The molecule has 1 aliphatic rings. The molecule has 9 nitrogen and oxygen atoms in total. The number of hydrogen-bond acceptors (Lipinski definition) is 6. The van der Waals surface area contributed by atoms with Crippen LogP contribution in [0.1, 0.15) is 24.8 Å². The number of hydrogen-bond donors (Lipinski definition) is 2. The average molecular weight is 468 g/mol. The van der Waals surface area contributed by atoms with Gasteiger partial charge in [0.05, 0.1) is 4.90 Å². The zero-order valence-corrected chi connectivity index (χ0v) is 18.7. The first kappa shape index (κ1) is 23.0. The van der Waals surface area contributed by atoms with Crippen LogP contribution in [0.3, 0.4) is 0 Å². The van der Waals surface area contributed by atoms with Crippen LogP contribution in [-0.4, -0.2) is 46.3 Å². The van der Waals surface area contributed by atoms with E-state index in [9.17, 15) is 21.6 Å². The van der Waals surface area contributed by atoms with E-state index >= 15 is 0 Å². The number of amides is 2. The maximum Gasteiger partial charge on any atom is 0.339 e. The molecule has 3 rings (SSSR count). The number of nitrogens with two attached hydrogens (primary N) is 1. The Balaban J connectivity index is 1.77. The molecule has 0 spiro atoms. The average Bonchev–Trinajstić information content (AvgIpc) is 2.73. The van der Waals surface area contributed by atoms with Gasteiger partial charge in [0.25, 0.3) is 0 Å². The van der Waals surface area contributed by atoms with Gasteiger partial charge in [-0.05, 0) is 56.2 Å². The van der Waals surface area contributed by atoms with Crippen molar-refractivity contribution < 1.29 is 25.8 Å². The van der Waals surface area contributed by atoms with Crippen LogP contribution in [0.25, 0.3) is 0 Å². The molecule has 0 aliphatic carbocycles. The molecule has 31 heavy (non-hydrogen) atoms. The summed E-state index contributed by atoms with van der Waals surface area (Å²) in [6.45, 7) is 2.30. The number of piperidine rings is 1. The molecule has 2 aromatic rings. The van der Waals surface area contributed by atoms with Crippen LogP contribution in [0.15, 0.2) is 58.3 Å². The molecule has 1 atom stereocenters. The predicted octanol–water partition coefficient (Wildman–Crippen LogP) is 1.97. The predicted molar refractivity (Wildman–Crippen MR) is 115 cm³/mol. The molecule has 168 valence electrons. The lowest BCUT2D eigenvalue weighted by atomic mass is 10.1. The van der Waals surface area contributed by atoms with E-state index in [0.717, 1.165) is 12.0 Å². The Bertz CT molecular complexity index is 1130. The number of nitrogens with zero attached hydrogens (tertiary/aromatic N) is 1. The van der Waals surface area contributed by atoms with Gasteiger partial charge in [-0.15, -0.1) is 0 Å². The van der Waals surface area contributed by atoms with Crippen LogP contribution in [0.4, 0.5) is 4.79 Å². The van der Waals surface area contributed by atoms with Crippen molar-refractivity contribution in [1.29, 1.82) is 0 Å². The monoisotopic (exact) mass is 467 g/mol. The summed E-state index contributed by atoms with van der Waals surface area (Å²) >= 11 is 0. The smallest absolute Gasteiger partial charge is 0.339 e. The second-order valence-electron chi connectivity index (χ2n) is 7.33. The number of sulfonamides is 1. The first-order valence-electron chi connectivity index (χ1n) is 9.76. The molecule has 1 saturated heterocycles. The number of carbonyl (C=O) groups is 1. The molecule has 11 heteroatoms. The summed E-state index contributed by atoms with van der Waals surface area (Å²) < 4.78 is 57.5. The quantitative estimate of drug-likeness (QED) is 0.598. The maximum atomic E-state index is 13.1. The van der Waals surface area contributed by atoms with Crippen molar-refractivity contribution in [2.45, 2.75) is 42.0 Å². The summed E-state index contributed by atoms with van der Waals surface area (Å²) in [5.41, 5.74) is 6.02. The van der Waals surface area contributed by atoms with Crippen LogP contribution in [-0.2, 0) is 20.1 Å². The van der Waals surface area contributed by atoms with Crippen molar-refractivity contribution in [3.05, 3.63) is 54.1 Å². The largest absolute Gasteiger partial charge is 0.379 e. The minimum atomic E-state index is -4.04. The SMILES string of the molecule is Cc1ccc(S(=O)(=O)Oc2ccc(S(=O)(=O)N3CCCC[C@H]3CNC(N)=O)cc2)cc1. The molecule has 3 N–H and O–H groups in total. The van der Waals surface area contributed by atoms with Gasteiger partial charge in [-0.1, -0.05) is 24.1 Å². The van der Waals surface area contributed by atoms with Gasteiger partial charge in [-0.25, -0.2) is 13.2 Å². The Kier molecular flexibility index (Phi) is 6.87. The molecule has 0 bridgehead atoms. The van der Waals surface area contributed by atoms with Gasteiger partial charge in [0.15, 0.2) is 0 Å². The first-order chi connectivity index (χ1) is 14.6. The number of carbonyl (C=O) groups excluding carboxylic acids is 1. The van der Waals surface area contributed by atoms with E-state index in [0.29, 0.717) is 19.4 Å². The summed E-state index contributed by atoms with van der Waals surface area (Å²) in [6.07, 6.45) is 2.17. The highest BCUT2D eigenvalue weighted by molar-refractivity contribution is 7.89. The highest BCUT2D eigenvalue weighted by Crippen LogP contribution is 2.27. The highest BCUT2D eigenvalue weighted by atomic mass is 32.2. The van der Waals surface area contributed by atoms with Gasteiger partial charge in [0.2, 0.25) is 10.0 Å². The van der Waals surface area contributed by atoms with E-state index in [2.05, 4.69) is 5.32 Å². The number of rotatable bonds is 7. The fraction of sp³-hybridized carbons (Fsp3) is 0.350. The molecular weight excluding hydrogens is 442 g/mol. The number of primary amides is 1. The van der Waals surface area contributed by atoms with Crippen LogP contribution in [0.5, 0.6) is 5.75 Å². The van der Waals surface area contributed by atoms with Crippen molar-refractivity contribution in [1.82, 2.24) is 9.62 Å². The zero-order valence-electron chi connectivity index (χ0n) is 17.0. The molecule has 0 saturated carbocycles. The lowest BCUT2D eigenvalue weighted by Gasteiger charge is -2.34. The van der Waals surface area contributed by atoms with E-state index in [1.165, 1.54) is 40.7 Å². The van der Waals surface area contributed by atoms with Gasteiger partial charge in [-0.2, -0.15) is 12.7 Å². The van der Waals surface area contributed by atoms with Gasteiger partial charge >= 0.3 is 16.1 Å². The molecule has 0 radical (unpaired) electrons. The van der Waals surface area contributed by atoms with Crippen molar-refractivity contribution in [3.63, 3.8) is 0 Å². The van der Waals surface area contributed by atoms with Crippen molar-refractivity contribution in [2.75, 3.05) is 13.1 Å². The lowest BCUT2D eigenvalue weighted by Crippen LogP contribution is -2.50. The van der Waals surface area contributed by atoms with E-state index in [1.54, 1.807) is 12.1 Å². The highest BCUT2D eigenvalue weighted by Gasteiger charge is 2.33. The number of aryl methyl sites for hydroxylation is 1. The second kappa shape index (κ2) is 9.25. The molecule has 1 aliphatic heterocycles. The third kappa shape index (κ3) is 5.54. The van der Waals surface area contributed by atoms with Crippen molar-refractivity contribution in [3.8, 4) is 5.75 Å². The normalized spacial score (nSPS) is 17.8. The number of nitrogens with one attached hydrogen (secondary N) is 1. The minimum Gasteiger partial charge on any atom is -0.379 e. The maximum absolute atomic E-state index is 13.1. The molecule has 1 fully saturated rings. The zero-order chi connectivity index (χ0) is 22.6. The third-order valence-corrected chi connectivity index (χ3v) is 8.26. The van der Waals surface area contributed by atoms with E-state index in [-0.39, 0.29) is 22.1 Å². The van der Waals surface area contributed by atoms with Gasteiger partial charge in [-0.3, -0.25) is 0 Å². The summed E-state index contributed by atoms with van der Waals surface area (Å²) in [7, 11) is -7.88. The van der Waals surface area contributed by atoms with Crippen LogP contribution < -0.4 is 15.2 Å². The van der Waals surface area contributed by atoms with Gasteiger partial charge < -0.3 is 15.2 Å². The molecule has 2 amide bonds. The van der Waals surface area contributed by atoms with E-state index in [1.807, 2.05) is 6.92 Å². The van der Waals surface area contributed by atoms with Gasteiger partial charge in [0.1, 0.15) is 10.6 Å². The summed E-state index contributed by atoms with van der Waals surface area (Å²) in [4.78, 5) is 11.0. The number of benzene rings is 2. The van der Waals surface area contributed by atoms with Crippen LogP contribution in [0, 0.1) is 6.92 Å². The molecular formula is C20H25N3O6S2. The molecule has 0 aromatic heterocycles. The Morgan fingerprint density at radius 3 is 2.26 bits per heavy atom. The Morgan fingerprint density at radius 2 is 1.65 bits per heavy atom. The van der Waals surface area contributed by atoms with Crippen LogP contribution >= 0.6 is 0 Å². The summed E-state index contributed by atoms with van der Waals surface area (Å²) in [5, 5.41) is 2.47. The summed E-state index contributed by atoms with van der Waals surface area (Å²) in [6, 6.07) is 10.3. The van der Waals surface area contributed by atoms with E-state index < -0.39 is 32.2 Å². The minimum absolute atomic E-state index is 0.00474. The van der Waals surface area contributed by atoms with Crippen molar-refractivity contribution in [2.24, 2.45) is 5.73 Å². The van der Waals surface area contributed by atoms with E-state index in [4.69, 9.17) is 9.92 Å². The lowest BCUT2D eigenvalue weighted by molar-refractivity contribution is 0.229. The first-order valence-corrected chi connectivity index (χ1v) is 12.6. The number of urea groups is 1. The van der Waals surface area contributed by atoms with Crippen LogP contribution in [0.2, 0.25) is 0 Å².